The van der Waals surface area contributed by atoms with Crippen LogP contribution in [-0.4, -0.2) is 36.1 Å². The van der Waals surface area contributed by atoms with E-state index < -0.39 is 0 Å². The molecule has 4 rings (SSSR count). The average molecular weight is 269 g/mol. The molecule has 1 aromatic carbocycles. The summed E-state index contributed by atoms with van der Waals surface area (Å²) in [6.07, 6.45) is 5.86. The van der Waals surface area contributed by atoms with Crippen LogP contribution in [0, 0.1) is 5.92 Å². The van der Waals surface area contributed by atoms with Crippen LogP contribution in [0.3, 0.4) is 0 Å². The molecule has 0 saturated carbocycles. The van der Waals surface area contributed by atoms with Crippen LogP contribution < -0.4 is 5.73 Å². The Labute approximate surface area is 120 Å². The van der Waals surface area contributed by atoms with E-state index >= 15 is 0 Å². The number of nitrogens with zero attached hydrogens (tertiary/aromatic N) is 1. The van der Waals surface area contributed by atoms with Crippen LogP contribution in [0.5, 0.6) is 0 Å². The number of hydrogen-bond donors (Lipinski definition) is 2. The van der Waals surface area contributed by atoms with Crippen LogP contribution in [0.25, 0.3) is 10.9 Å². The number of H-pyrrole nitrogens is 1. The third kappa shape index (κ3) is 1.73. The topological polar surface area (TPSA) is 45.0 Å². The van der Waals surface area contributed by atoms with E-state index in [-0.39, 0.29) is 0 Å². The molecule has 3 atom stereocenters. The predicted octanol–water partition coefficient (Wildman–Crippen LogP) is 2.48. The summed E-state index contributed by atoms with van der Waals surface area (Å²) in [4.78, 5) is 6.01. The van der Waals surface area contributed by atoms with E-state index in [2.05, 4.69) is 41.3 Å². The van der Waals surface area contributed by atoms with E-state index in [9.17, 15) is 0 Å². The van der Waals surface area contributed by atoms with Crippen molar-refractivity contribution in [2.24, 2.45) is 11.7 Å². The summed E-state index contributed by atoms with van der Waals surface area (Å²) in [5, 5.41) is 1.50. The summed E-state index contributed by atoms with van der Waals surface area (Å²) in [5.74, 6) is 1.43. The van der Waals surface area contributed by atoms with E-state index in [1.54, 1.807) is 5.56 Å². The maximum atomic E-state index is 5.79. The molecule has 2 unspecified atom stereocenters. The van der Waals surface area contributed by atoms with Gasteiger partial charge in [-0.2, -0.15) is 0 Å². The fourth-order valence-electron chi connectivity index (χ4n) is 4.50. The van der Waals surface area contributed by atoms with E-state index in [4.69, 9.17) is 5.73 Å². The van der Waals surface area contributed by atoms with Gasteiger partial charge in [0, 0.05) is 35.6 Å². The number of fused-ring (bicyclic) bond motifs is 2. The molecule has 3 heteroatoms. The van der Waals surface area contributed by atoms with E-state index in [1.807, 2.05) is 0 Å². The second kappa shape index (κ2) is 4.61. The Kier molecular flexibility index (Phi) is 2.86. The van der Waals surface area contributed by atoms with Crippen LogP contribution in [0.2, 0.25) is 0 Å². The SMILES string of the molecule is CN1CC(CCN)CC2c3cccc4[nH]cc(c34)C[C@H]21. The van der Waals surface area contributed by atoms with E-state index in [0.29, 0.717) is 12.0 Å². The number of benzene rings is 1. The standard InChI is InChI=1S/C17H23N3/c1-20-10-11(5-6-18)7-14-13-3-2-4-15-17(13)12(9-19-15)8-16(14)20/h2-4,9,11,14,16,19H,5-8,10,18H2,1H3/t11?,14?,16-/m1/s1. The lowest BCUT2D eigenvalue weighted by Gasteiger charge is -2.45. The van der Waals surface area contributed by atoms with Crippen molar-refractivity contribution in [3.63, 3.8) is 0 Å². The summed E-state index contributed by atoms with van der Waals surface area (Å²) in [6.45, 7) is 2.02. The van der Waals surface area contributed by atoms with Gasteiger partial charge in [0.1, 0.15) is 0 Å². The molecule has 0 spiro atoms. The molecule has 3 nitrogen and oxygen atoms in total. The smallest absolute Gasteiger partial charge is 0.0459 e. The molecular formula is C17H23N3. The van der Waals surface area contributed by atoms with Crippen molar-refractivity contribution in [3.05, 3.63) is 35.5 Å². The summed E-state index contributed by atoms with van der Waals surface area (Å²) in [5.41, 5.74) is 10.2. The van der Waals surface area contributed by atoms with E-state index in [1.165, 1.54) is 35.9 Å². The minimum absolute atomic E-state index is 0.665. The number of aromatic nitrogens is 1. The van der Waals surface area contributed by atoms with Crippen LogP contribution >= 0.6 is 0 Å². The van der Waals surface area contributed by atoms with Gasteiger partial charge in [-0.25, -0.2) is 0 Å². The van der Waals surface area contributed by atoms with Crippen molar-refractivity contribution in [1.82, 2.24) is 9.88 Å². The van der Waals surface area contributed by atoms with Gasteiger partial charge in [-0.15, -0.1) is 0 Å². The lowest BCUT2D eigenvalue weighted by Crippen LogP contribution is -2.48. The molecule has 1 fully saturated rings. The van der Waals surface area contributed by atoms with Gasteiger partial charge in [0.2, 0.25) is 0 Å². The number of nitrogens with one attached hydrogen (secondary N) is 1. The quantitative estimate of drug-likeness (QED) is 0.879. The fourth-order valence-corrected chi connectivity index (χ4v) is 4.50. The van der Waals surface area contributed by atoms with Gasteiger partial charge in [-0.3, -0.25) is 0 Å². The van der Waals surface area contributed by atoms with Gasteiger partial charge in [0.25, 0.3) is 0 Å². The molecule has 2 heterocycles. The molecule has 0 bridgehead atoms. The van der Waals surface area contributed by atoms with Crippen LogP contribution in [0.1, 0.15) is 29.9 Å². The molecule has 2 aromatic rings. The van der Waals surface area contributed by atoms with Crippen LogP contribution in [0.15, 0.2) is 24.4 Å². The van der Waals surface area contributed by atoms with Gasteiger partial charge in [-0.05, 0) is 56.0 Å². The van der Waals surface area contributed by atoms with Gasteiger partial charge in [-0.1, -0.05) is 12.1 Å². The summed E-state index contributed by atoms with van der Waals surface area (Å²) in [7, 11) is 2.29. The minimum Gasteiger partial charge on any atom is -0.361 e. The second-order valence-corrected chi connectivity index (χ2v) is 6.58. The fraction of sp³-hybridized carbons (Fsp3) is 0.529. The van der Waals surface area contributed by atoms with Crippen LogP contribution in [0.4, 0.5) is 0 Å². The third-order valence-corrected chi connectivity index (χ3v) is 5.39. The highest BCUT2D eigenvalue weighted by Gasteiger charge is 2.38. The normalized spacial score (nSPS) is 29.6. The van der Waals surface area contributed by atoms with Gasteiger partial charge in [0.15, 0.2) is 0 Å². The highest BCUT2D eigenvalue weighted by atomic mass is 15.1. The van der Waals surface area contributed by atoms with Crippen LogP contribution in [-0.2, 0) is 6.42 Å². The summed E-state index contributed by atoms with van der Waals surface area (Å²) >= 11 is 0. The summed E-state index contributed by atoms with van der Waals surface area (Å²) in [6, 6.07) is 7.41. The Hall–Kier alpha value is -1.32. The molecule has 1 saturated heterocycles. The maximum Gasteiger partial charge on any atom is 0.0459 e. The second-order valence-electron chi connectivity index (χ2n) is 6.58. The first kappa shape index (κ1) is 12.4. The third-order valence-electron chi connectivity index (χ3n) is 5.39. The van der Waals surface area contributed by atoms with Gasteiger partial charge < -0.3 is 15.6 Å². The molecule has 0 amide bonds. The molecule has 2 aliphatic rings. The zero-order valence-electron chi connectivity index (χ0n) is 12.1. The molecule has 0 radical (unpaired) electrons. The molecular weight excluding hydrogens is 246 g/mol. The highest BCUT2D eigenvalue weighted by molar-refractivity contribution is 5.88. The molecule has 1 aromatic heterocycles. The lowest BCUT2D eigenvalue weighted by atomic mass is 9.72. The number of hydrogen-bond acceptors (Lipinski definition) is 2. The highest BCUT2D eigenvalue weighted by Crippen LogP contribution is 2.44. The number of piperidine rings is 1. The van der Waals surface area contributed by atoms with Crippen molar-refractivity contribution >= 4 is 10.9 Å². The van der Waals surface area contributed by atoms with Crippen molar-refractivity contribution in [1.29, 1.82) is 0 Å². The largest absolute Gasteiger partial charge is 0.361 e. The van der Waals surface area contributed by atoms with Crippen molar-refractivity contribution < 1.29 is 0 Å². The Bertz CT molecular complexity index is 630. The monoisotopic (exact) mass is 269 g/mol. The Balaban J connectivity index is 1.79. The first-order chi connectivity index (χ1) is 9.78. The van der Waals surface area contributed by atoms with Crippen molar-refractivity contribution in [2.45, 2.75) is 31.2 Å². The summed E-state index contributed by atoms with van der Waals surface area (Å²) < 4.78 is 0. The van der Waals surface area contributed by atoms with E-state index in [0.717, 1.165) is 18.9 Å². The Morgan fingerprint density at radius 3 is 3.15 bits per heavy atom. The zero-order valence-corrected chi connectivity index (χ0v) is 12.1. The molecule has 106 valence electrons. The number of likely N-dealkylation sites (tertiary alicyclic amines) is 1. The lowest BCUT2D eigenvalue weighted by molar-refractivity contribution is 0.109. The predicted molar refractivity (Wildman–Crippen MR) is 82.9 cm³/mol. The number of rotatable bonds is 2. The van der Waals surface area contributed by atoms with Crippen molar-refractivity contribution in [2.75, 3.05) is 20.1 Å². The number of likely N-dealkylation sites (N-methyl/N-ethyl adjacent to an activating group) is 1. The van der Waals surface area contributed by atoms with Gasteiger partial charge in [0.05, 0.1) is 0 Å². The minimum atomic E-state index is 0.665. The van der Waals surface area contributed by atoms with Crippen molar-refractivity contribution in [3.8, 4) is 0 Å². The zero-order chi connectivity index (χ0) is 13.7. The first-order valence-electron chi connectivity index (χ1n) is 7.77. The first-order valence-corrected chi connectivity index (χ1v) is 7.77. The molecule has 3 N–H and O–H groups in total. The van der Waals surface area contributed by atoms with Gasteiger partial charge >= 0.3 is 0 Å². The number of nitrogens with two attached hydrogens (primary N) is 1. The molecule has 20 heavy (non-hydrogen) atoms. The number of aromatic amines is 1. The maximum absolute atomic E-state index is 5.79. The Morgan fingerprint density at radius 1 is 1.40 bits per heavy atom. The average Bonchev–Trinajstić information content (AvgIpc) is 2.86. The molecule has 1 aliphatic carbocycles. The Morgan fingerprint density at radius 2 is 2.30 bits per heavy atom. The molecule has 1 aliphatic heterocycles.